The van der Waals surface area contributed by atoms with Gasteiger partial charge in [0.15, 0.2) is 24.5 Å². The number of aromatic hydroxyl groups is 1. The van der Waals surface area contributed by atoms with E-state index in [2.05, 4.69) is 4.74 Å². The van der Waals surface area contributed by atoms with Gasteiger partial charge in [-0.3, -0.25) is 9.59 Å². The molecule has 0 spiro atoms. The van der Waals surface area contributed by atoms with Gasteiger partial charge < -0.3 is 90.2 Å². The van der Waals surface area contributed by atoms with Crippen LogP contribution >= 0.6 is 0 Å². The van der Waals surface area contributed by atoms with Crippen molar-refractivity contribution in [3.05, 3.63) is 58.1 Å². The topological polar surface area (TPSA) is 376 Å². The lowest BCUT2D eigenvalue weighted by Crippen LogP contribution is -2.61. The number of esters is 1. The molecule has 0 aliphatic heterocycles. The van der Waals surface area contributed by atoms with E-state index >= 15 is 0 Å². The number of hydrogen-bond donors (Lipinski definition) is 13. The van der Waals surface area contributed by atoms with Crippen LogP contribution in [0, 0.1) is 6.92 Å². The van der Waals surface area contributed by atoms with E-state index in [9.17, 15) is 90.4 Å². The Balaban J connectivity index is 1.65. The van der Waals surface area contributed by atoms with Gasteiger partial charge in [-0.1, -0.05) is 12.1 Å². The number of hydrogen-bond acceptors (Lipinski definition) is 21. The molecule has 21 nitrogen and oxygen atoms in total. The first-order valence-corrected chi connectivity index (χ1v) is 15.8. The highest BCUT2D eigenvalue weighted by atomic mass is 16.7. The maximum Gasteiger partial charge on any atom is 0.337 e. The molecular formula is C33H40O21. The summed E-state index contributed by atoms with van der Waals surface area (Å²) in [5.74, 6) is -7.55. The Hall–Kier alpha value is -4.33. The van der Waals surface area contributed by atoms with Gasteiger partial charge in [-0.05, 0) is 30.7 Å². The van der Waals surface area contributed by atoms with E-state index in [-0.39, 0.29) is 40.6 Å². The fourth-order valence-electron chi connectivity index (χ4n) is 5.25. The smallest absolute Gasteiger partial charge is 0.337 e. The van der Waals surface area contributed by atoms with Gasteiger partial charge in [-0.2, -0.15) is 0 Å². The molecule has 0 bridgehead atoms. The average Bonchev–Trinajstić information content (AvgIpc) is 3.16. The summed E-state index contributed by atoms with van der Waals surface area (Å²) >= 11 is 0. The molecule has 0 radical (unpaired) electrons. The molecule has 0 saturated carbocycles. The molecule has 12 atom stereocenters. The number of aliphatic hydroxyl groups excluding tert-OH is 11. The summed E-state index contributed by atoms with van der Waals surface area (Å²) in [7, 11) is 0. The SMILES string of the molecule is Cc1cc(O)c2c(c1)C(=O)c1cccc(OC[C@@H](O)[C@@H](O)[C@H](O)[C@@H](O)C(=O)OC[C@@H](O)[C@@](O)(OC[C@@H](O)[C@@H](O)[C@H](O)[C@@H](O)C=O)[C@H](O)[C@@H](O)C=O)c1C2=O. The van der Waals surface area contributed by atoms with E-state index in [1.165, 1.54) is 30.3 Å². The Kier molecular flexibility index (Phi) is 15.0. The predicted molar refractivity (Wildman–Crippen MR) is 172 cm³/mol. The monoisotopic (exact) mass is 772 g/mol. The predicted octanol–water partition coefficient (Wildman–Crippen LogP) is -6.53. The number of aldehydes is 2. The molecule has 3 rings (SSSR count). The molecule has 13 N–H and O–H groups in total. The zero-order chi connectivity index (χ0) is 40.8. The minimum atomic E-state index is -3.55. The molecule has 2 aromatic carbocycles. The summed E-state index contributed by atoms with van der Waals surface area (Å²) in [6.45, 7) is -2.16. The molecule has 1 aliphatic rings. The van der Waals surface area contributed by atoms with Crippen LogP contribution in [0.2, 0.25) is 0 Å². The van der Waals surface area contributed by atoms with E-state index in [0.717, 1.165) is 0 Å². The Morgan fingerprint density at radius 3 is 1.94 bits per heavy atom. The second-order valence-corrected chi connectivity index (χ2v) is 12.3. The number of benzene rings is 2. The Morgan fingerprint density at radius 1 is 0.741 bits per heavy atom. The van der Waals surface area contributed by atoms with Crippen molar-refractivity contribution >= 4 is 30.1 Å². The molecule has 54 heavy (non-hydrogen) atoms. The molecule has 298 valence electrons. The fraction of sp³-hybridized carbons (Fsp3) is 0.485. The minimum absolute atomic E-state index is 0.0515. The third-order valence-electron chi connectivity index (χ3n) is 8.42. The van der Waals surface area contributed by atoms with Crippen LogP contribution in [0.4, 0.5) is 0 Å². The van der Waals surface area contributed by atoms with Crippen LogP contribution in [0.5, 0.6) is 11.5 Å². The zero-order valence-corrected chi connectivity index (χ0v) is 28.1. The maximum absolute atomic E-state index is 13.3. The molecular weight excluding hydrogens is 732 g/mol. The highest BCUT2D eigenvalue weighted by molar-refractivity contribution is 6.30. The number of carbonyl (C=O) groups excluding carboxylic acids is 5. The average molecular weight is 773 g/mol. The number of carbonyl (C=O) groups is 5. The van der Waals surface area contributed by atoms with E-state index in [1.807, 2.05) is 0 Å². The highest BCUT2D eigenvalue weighted by Gasteiger charge is 2.49. The molecule has 0 aromatic heterocycles. The Bertz CT molecular complexity index is 1680. The number of phenols is 1. The molecule has 2 aromatic rings. The van der Waals surface area contributed by atoms with Crippen LogP contribution in [-0.4, -0.2) is 189 Å². The van der Waals surface area contributed by atoms with Crippen LogP contribution in [0.15, 0.2) is 30.3 Å². The van der Waals surface area contributed by atoms with Crippen LogP contribution in [0.1, 0.15) is 37.4 Å². The summed E-state index contributed by atoms with van der Waals surface area (Å²) in [5, 5.41) is 132. The van der Waals surface area contributed by atoms with E-state index in [1.54, 1.807) is 6.92 Å². The number of aryl methyl sites for hydroxylation is 1. The molecule has 0 saturated heterocycles. The second-order valence-electron chi connectivity index (χ2n) is 12.3. The van der Waals surface area contributed by atoms with Crippen LogP contribution in [0.25, 0.3) is 0 Å². The highest BCUT2D eigenvalue weighted by Crippen LogP contribution is 2.37. The molecule has 1 aliphatic carbocycles. The van der Waals surface area contributed by atoms with Crippen molar-refractivity contribution < 1.29 is 105 Å². The lowest BCUT2D eigenvalue weighted by molar-refractivity contribution is -0.323. The van der Waals surface area contributed by atoms with E-state index < -0.39 is 116 Å². The van der Waals surface area contributed by atoms with Crippen molar-refractivity contribution in [1.29, 1.82) is 0 Å². The standard InChI is InChI=1S/C33H40O21/c1-12-5-14-22(15(36)6-12)28(46)23-13(24(14)42)3-2-4-20(23)52-9-18(39)27(45)29(47)30(48)32(50)53-11-21(41)33(51,31(49)17(38)8-35)54-10-19(40)26(44)25(43)16(37)7-34/h2-8,16-19,21,25-27,29-31,36-41,43-45,47-49,51H,9-11H2,1H3/t16-,17-,18+,19+,21+,25+,26+,27+,29-,30+,31+,33+/m0/s1. The second kappa shape index (κ2) is 18.3. The van der Waals surface area contributed by atoms with Gasteiger partial charge in [0.2, 0.25) is 11.6 Å². The largest absolute Gasteiger partial charge is 0.507 e. The van der Waals surface area contributed by atoms with Crippen LogP contribution in [0.3, 0.4) is 0 Å². The number of aliphatic hydroxyl groups is 12. The van der Waals surface area contributed by atoms with Gasteiger partial charge in [0, 0.05) is 11.1 Å². The van der Waals surface area contributed by atoms with Gasteiger partial charge >= 0.3 is 5.97 Å². The van der Waals surface area contributed by atoms with E-state index in [4.69, 9.17) is 9.47 Å². The van der Waals surface area contributed by atoms with Crippen molar-refractivity contribution in [2.75, 3.05) is 19.8 Å². The summed E-state index contributed by atoms with van der Waals surface area (Å²) in [5.41, 5.74) is -0.221. The van der Waals surface area contributed by atoms with Gasteiger partial charge in [-0.15, -0.1) is 0 Å². The fourth-order valence-corrected chi connectivity index (χ4v) is 5.25. The Labute approximate surface area is 304 Å². The lowest BCUT2D eigenvalue weighted by atomic mass is 9.82. The Morgan fingerprint density at radius 2 is 1.33 bits per heavy atom. The number of ketones is 2. The van der Waals surface area contributed by atoms with E-state index in [0.29, 0.717) is 5.56 Å². The van der Waals surface area contributed by atoms with Crippen molar-refractivity contribution in [1.82, 2.24) is 0 Å². The van der Waals surface area contributed by atoms with Crippen LogP contribution in [-0.2, 0) is 23.9 Å². The quantitative estimate of drug-likeness (QED) is 0.0288. The lowest BCUT2D eigenvalue weighted by Gasteiger charge is -2.38. The summed E-state index contributed by atoms with van der Waals surface area (Å²) < 4.78 is 14.8. The third kappa shape index (κ3) is 9.30. The van der Waals surface area contributed by atoms with Gasteiger partial charge in [0.1, 0.15) is 85.8 Å². The van der Waals surface area contributed by atoms with Crippen LogP contribution < -0.4 is 4.74 Å². The number of phenolic OH excluding ortho intramolecular Hbond substituents is 1. The number of fused-ring (bicyclic) bond motifs is 2. The first-order chi connectivity index (χ1) is 25.2. The maximum atomic E-state index is 13.3. The third-order valence-corrected chi connectivity index (χ3v) is 8.42. The molecule has 0 fully saturated rings. The first-order valence-electron chi connectivity index (χ1n) is 15.8. The molecule has 0 unspecified atom stereocenters. The van der Waals surface area contributed by atoms with Crippen molar-refractivity contribution in [2.45, 2.75) is 79.9 Å². The molecule has 21 heteroatoms. The zero-order valence-electron chi connectivity index (χ0n) is 28.1. The van der Waals surface area contributed by atoms with Crippen molar-refractivity contribution in [3.63, 3.8) is 0 Å². The van der Waals surface area contributed by atoms with Crippen molar-refractivity contribution in [2.24, 2.45) is 0 Å². The van der Waals surface area contributed by atoms with Gasteiger partial charge in [0.25, 0.3) is 0 Å². The molecule has 0 heterocycles. The summed E-state index contributed by atoms with van der Waals surface area (Å²) in [4.78, 5) is 60.5. The van der Waals surface area contributed by atoms with Crippen molar-refractivity contribution in [3.8, 4) is 11.5 Å². The van der Waals surface area contributed by atoms with Gasteiger partial charge in [0.05, 0.1) is 17.7 Å². The van der Waals surface area contributed by atoms with Gasteiger partial charge in [-0.25, -0.2) is 4.79 Å². The molecule has 0 amide bonds. The number of rotatable bonds is 20. The number of ether oxygens (including phenoxy) is 3. The summed E-state index contributed by atoms with van der Waals surface area (Å²) in [6.07, 6.45) is -27.4. The minimum Gasteiger partial charge on any atom is -0.507 e. The first kappa shape index (κ1) is 44.1. The normalized spacial score (nSPS) is 19.9. The summed E-state index contributed by atoms with van der Waals surface area (Å²) in [6, 6.07) is 6.57.